The number of rotatable bonds is 0. The largest absolute Gasteiger partial charge is 0.452 e. The highest BCUT2D eigenvalue weighted by Crippen LogP contribution is 2.15. The summed E-state index contributed by atoms with van der Waals surface area (Å²) in [7, 11) is 0. The molecule has 0 aliphatic rings. The zero-order valence-electron chi connectivity index (χ0n) is 12.1. The van der Waals surface area contributed by atoms with Gasteiger partial charge < -0.3 is 8.83 Å². The van der Waals surface area contributed by atoms with Gasteiger partial charge in [0.1, 0.15) is 11.8 Å². The lowest BCUT2D eigenvalue weighted by Gasteiger charge is -1.80. The van der Waals surface area contributed by atoms with E-state index in [-0.39, 0.29) is 0 Å². The van der Waals surface area contributed by atoms with Crippen LogP contribution in [0.1, 0.15) is 0 Å². The Morgan fingerprint density at radius 1 is 0.826 bits per heavy atom. The maximum Gasteiger partial charge on any atom is 0.181 e. The highest BCUT2D eigenvalue weighted by atomic mass is 32.1. The van der Waals surface area contributed by atoms with Gasteiger partial charge in [-0.2, -0.15) is 0 Å². The molecule has 23 heavy (non-hydrogen) atoms. The van der Waals surface area contributed by atoms with E-state index in [1.54, 1.807) is 17.5 Å². The molecule has 0 N–H and O–H groups in total. The fraction of sp³-hybridized carbons (Fsp3) is 0. The molecule has 3 heterocycles. The van der Waals surface area contributed by atoms with Crippen molar-refractivity contribution in [2.75, 3.05) is 0 Å². The molecule has 6 heteroatoms. The Labute approximate surface area is 136 Å². The molecule has 5 aromatic rings. The summed E-state index contributed by atoms with van der Waals surface area (Å²) in [6.45, 7) is 0. The minimum Gasteiger partial charge on any atom is -0.452 e. The van der Waals surface area contributed by atoms with Crippen molar-refractivity contribution >= 4 is 32.7 Å². The topological polar surface area (TPSA) is 65.0 Å². The van der Waals surface area contributed by atoms with Crippen LogP contribution in [0.3, 0.4) is 0 Å². The highest BCUT2D eigenvalue weighted by molar-refractivity contribution is 7.16. The molecule has 0 aliphatic carbocycles. The monoisotopic (exact) mass is 323 g/mol. The van der Waals surface area contributed by atoms with E-state index in [0.29, 0.717) is 0 Å². The average molecular weight is 323 g/mol. The fourth-order valence-electron chi connectivity index (χ4n) is 1.78. The van der Waals surface area contributed by atoms with E-state index in [0.717, 1.165) is 16.6 Å². The van der Waals surface area contributed by atoms with Crippen molar-refractivity contribution in [1.82, 2.24) is 15.0 Å². The first-order valence-corrected chi connectivity index (χ1v) is 7.70. The lowest BCUT2D eigenvalue weighted by Crippen LogP contribution is -1.61. The standard InChI is InChI=1S/C7H5NO.C7H5NS.C3H3NO/c2*1-2-4-7-6(3-1)8-5-9-7;1-2-5-3-4-1/h2*1-5H;1-3H. The smallest absolute Gasteiger partial charge is 0.181 e. The number of aromatic nitrogens is 3. The van der Waals surface area contributed by atoms with Crippen molar-refractivity contribution in [1.29, 1.82) is 0 Å². The number of nitrogens with zero attached hydrogens (tertiary/aromatic N) is 3. The van der Waals surface area contributed by atoms with E-state index >= 15 is 0 Å². The van der Waals surface area contributed by atoms with Gasteiger partial charge in [0.2, 0.25) is 0 Å². The van der Waals surface area contributed by atoms with Gasteiger partial charge in [-0.1, -0.05) is 24.3 Å². The average Bonchev–Trinajstić information content (AvgIpc) is 3.37. The summed E-state index contributed by atoms with van der Waals surface area (Å²) in [5.74, 6) is 0. The van der Waals surface area contributed by atoms with Crippen LogP contribution in [0.5, 0.6) is 0 Å². The van der Waals surface area contributed by atoms with Crippen LogP contribution < -0.4 is 0 Å². The van der Waals surface area contributed by atoms with Gasteiger partial charge in [-0.3, -0.25) is 0 Å². The molecule has 0 atom stereocenters. The van der Waals surface area contributed by atoms with Crippen LogP contribution in [0.4, 0.5) is 0 Å². The van der Waals surface area contributed by atoms with E-state index in [4.69, 9.17) is 4.42 Å². The lowest BCUT2D eigenvalue weighted by molar-refractivity contribution is 0.558. The SMILES string of the molecule is c1ccc2ocnc2c1.c1ccc2scnc2c1.c1cocn1. The van der Waals surface area contributed by atoms with E-state index in [9.17, 15) is 0 Å². The molecule has 0 unspecified atom stereocenters. The fourth-order valence-corrected chi connectivity index (χ4v) is 2.46. The summed E-state index contributed by atoms with van der Waals surface area (Å²) in [6.07, 6.45) is 5.92. The van der Waals surface area contributed by atoms with E-state index < -0.39 is 0 Å². The Kier molecular flexibility index (Phi) is 5.10. The maximum absolute atomic E-state index is 5.01. The number of para-hydroxylation sites is 3. The molecule has 0 spiro atoms. The second kappa shape index (κ2) is 7.86. The molecule has 114 valence electrons. The Balaban J connectivity index is 0.000000107. The van der Waals surface area contributed by atoms with Gasteiger partial charge in [0.25, 0.3) is 0 Å². The summed E-state index contributed by atoms with van der Waals surface area (Å²) in [6, 6.07) is 15.8. The quantitative estimate of drug-likeness (QED) is 0.409. The molecular weight excluding hydrogens is 310 g/mol. The number of benzene rings is 2. The molecule has 0 amide bonds. The summed E-state index contributed by atoms with van der Waals surface area (Å²) in [4.78, 5) is 11.6. The summed E-state index contributed by atoms with van der Waals surface area (Å²) in [5.41, 5.74) is 4.72. The second-order valence-corrected chi connectivity index (χ2v) is 5.20. The molecule has 0 bridgehead atoms. The van der Waals surface area contributed by atoms with Crippen molar-refractivity contribution in [2.24, 2.45) is 0 Å². The first-order valence-electron chi connectivity index (χ1n) is 6.82. The molecule has 5 nitrogen and oxygen atoms in total. The Morgan fingerprint density at radius 3 is 2.35 bits per heavy atom. The third kappa shape index (κ3) is 4.24. The van der Waals surface area contributed by atoms with Crippen LogP contribution in [-0.4, -0.2) is 15.0 Å². The molecular formula is C17H13N3O2S. The van der Waals surface area contributed by atoms with Gasteiger partial charge in [0.05, 0.1) is 21.9 Å². The van der Waals surface area contributed by atoms with E-state index in [1.165, 1.54) is 23.8 Å². The van der Waals surface area contributed by atoms with Gasteiger partial charge in [0, 0.05) is 0 Å². The van der Waals surface area contributed by atoms with Crippen LogP contribution >= 0.6 is 11.3 Å². The van der Waals surface area contributed by atoms with Crippen LogP contribution in [0.15, 0.2) is 88.1 Å². The number of thiazole rings is 1. The van der Waals surface area contributed by atoms with Crippen LogP contribution in [0.25, 0.3) is 21.3 Å². The van der Waals surface area contributed by atoms with Crippen molar-refractivity contribution in [2.45, 2.75) is 0 Å². The van der Waals surface area contributed by atoms with Crippen molar-refractivity contribution < 1.29 is 8.83 Å². The molecule has 2 aromatic carbocycles. The summed E-state index contributed by atoms with van der Waals surface area (Å²) in [5, 5.41) is 0. The summed E-state index contributed by atoms with van der Waals surface area (Å²) >= 11 is 1.68. The summed E-state index contributed by atoms with van der Waals surface area (Å²) < 4.78 is 10.7. The third-order valence-corrected chi connectivity index (χ3v) is 3.63. The predicted octanol–water partition coefficient (Wildman–Crippen LogP) is 4.80. The second-order valence-electron chi connectivity index (χ2n) is 4.32. The van der Waals surface area contributed by atoms with E-state index in [1.807, 2.05) is 48.0 Å². The lowest BCUT2D eigenvalue weighted by atomic mass is 10.3. The first kappa shape index (κ1) is 14.9. The minimum absolute atomic E-state index is 0.845. The van der Waals surface area contributed by atoms with E-state index in [2.05, 4.69) is 25.4 Å². The number of hydrogen-bond acceptors (Lipinski definition) is 6. The molecule has 0 saturated heterocycles. The highest BCUT2D eigenvalue weighted by Gasteiger charge is 1.91. The molecule has 5 rings (SSSR count). The Hall–Kier alpha value is -2.99. The zero-order valence-corrected chi connectivity index (χ0v) is 12.9. The maximum atomic E-state index is 5.01. The molecule has 0 radical (unpaired) electrons. The zero-order chi connectivity index (χ0) is 15.7. The van der Waals surface area contributed by atoms with Gasteiger partial charge in [-0.15, -0.1) is 11.3 Å². The molecule has 0 saturated carbocycles. The molecule has 0 aliphatic heterocycles. The molecule has 0 fully saturated rings. The minimum atomic E-state index is 0.845. The van der Waals surface area contributed by atoms with Gasteiger partial charge in [-0.25, -0.2) is 15.0 Å². The predicted molar refractivity (Wildman–Crippen MR) is 90.1 cm³/mol. The number of oxazole rings is 2. The first-order chi connectivity index (χ1) is 11.4. The number of hydrogen-bond donors (Lipinski definition) is 0. The van der Waals surface area contributed by atoms with Gasteiger partial charge in [-0.05, 0) is 24.3 Å². The van der Waals surface area contributed by atoms with Gasteiger partial charge >= 0.3 is 0 Å². The van der Waals surface area contributed by atoms with Crippen molar-refractivity contribution in [3.63, 3.8) is 0 Å². The Morgan fingerprint density at radius 2 is 1.65 bits per heavy atom. The van der Waals surface area contributed by atoms with Crippen LogP contribution in [0.2, 0.25) is 0 Å². The van der Waals surface area contributed by atoms with Crippen LogP contribution in [0, 0.1) is 0 Å². The number of fused-ring (bicyclic) bond motifs is 2. The Bertz CT molecular complexity index is 801. The normalized spacial score (nSPS) is 9.74. The van der Waals surface area contributed by atoms with Crippen molar-refractivity contribution in [3.8, 4) is 0 Å². The van der Waals surface area contributed by atoms with Crippen LogP contribution in [-0.2, 0) is 0 Å². The van der Waals surface area contributed by atoms with Gasteiger partial charge in [0.15, 0.2) is 18.4 Å². The van der Waals surface area contributed by atoms with Crippen molar-refractivity contribution in [3.05, 3.63) is 79.3 Å². The third-order valence-electron chi connectivity index (χ3n) is 2.82. The molecule has 3 aromatic heterocycles.